The second kappa shape index (κ2) is 8.40. The van der Waals surface area contributed by atoms with E-state index in [0.29, 0.717) is 17.5 Å². The standard InChI is InChI=1S/C19H24N2O2S/c1-14-5-6-19(22)18(21-14)12-20-16-4-2-3-15(11-16)13-24-17-7-9-23-10-8-17/h2-6,11,17,20,22H,7-10,12-13H2,1H3. The summed E-state index contributed by atoms with van der Waals surface area (Å²) in [6.07, 6.45) is 2.31. The predicted molar refractivity (Wildman–Crippen MR) is 99.5 cm³/mol. The van der Waals surface area contributed by atoms with Gasteiger partial charge in [0.25, 0.3) is 0 Å². The zero-order valence-electron chi connectivity index (χ0n) is 14.0. The van der Waals surface area contributed by atoms with Gasteiger partial charge in [0.15, 0.2) is 0 Å². The molecule has 0 saturated carbocycles. The summed E-state index contributed by atoms with van der Waals surface area (Å²) < 4.78 is 5.41. The van der Waals surface area contributed by atoms with Crippen LogP contribution < -0.4 is 5.32 Å². The van der Waals surface area contributed by atoms with E-state index in [1.54, 1.807) is 6.07 Å². The van der Waals surface area contributed by atoms with Gasteiger partial charge in [-0.3, -0.25) is 4.98 Å². The fourth-order valence-electron chi connectivity index (χ4n) is 2.75. The van der Waals surface area contributed by atoms with E-state index in [0.717, 1.165) is 43.2 Å². The van der Waals surface area contributed by atoms with Crippen LogP contribution in [0.4, 0.5) is 5.69 Å². The van der Waals surface area contributed by atoms with Gasteiger partial charge < -0.3 is 15.2 Å². The molecule has 3 rings (SSSR count). The number of rotatable bonds is 6. The van der Waals surface area contributed by atoms with E-state index in [-0.39, 0.29) is 5.75 Å². The van der Waals surface area contributed by atoms with Gasteiger partial charge in [0.05, 0.1) is 6.54 Å². The van der Waals surface area contributed by atoms with E-state index in [1.165, 1.54) is 5.56 Å². The minimum Gasteiger partial charge on any atom is -0.506 e. The largest absolute Gasteiger partial charge is 0.506 e. The van der Waals surface area contributed by atoms with E-state index in [1.807, 2.05) is 24.8 Å². The topological polar surface area (TPSA) is 54.4 Å². The van der Waals surface area contributed by atoms with Crippen LogP contribution >= 0.6 is 11.8 Å². The molecule has 1 aliphatic heterocycles. The molecule has 0 aliphatic carbocycles. The number of pyridine rings is 1. The molecule has 2 aromatic rings. The Hall–Kier alpha value is -1.72. The number of hydrogen-bond acceptors (Lipinski definition) is 5. The predicted octanol–water partition coefficient (Wildman–Crippen LogP) is 4.12. The molecule has 4 nitrogen and oxygen atoms in total. The van der Waals surface area contributed by atoms with Crippen molar-refractivity contribution >= 4 is 17.4 Å². The van der Waals surface area contributed by atoms with Gasteiger partial charge in [-0.1, -0.05) is 12.1 Å². The number of nitrogens with one attached hydrogen (secondary N) is 1. The summed E-state index contributed by atoms with van der Waals surface area (Å²) in [5.74, 6) is 1.26. The summed E-state index contributed by atoms with van der Waals surface area (Å²) in [7, 11) is 0. The SMILES string of the molecule is Cc1ccc(O)c(CNc2cccc(CSC3CCOCC3)c2)n1. The number of nitrogens with zero attached hydrogens (tertiary/aromatic N) is 1. The zero-order chi connectivity index (χ0) is 16.8. The maximum Gasteiger partial charge on any atom is 0.138 e. The number of ether oxygens (including phenoxy) is 1. The van der Waals surface area contributed by atoms with Crippen molar-refractivity contribution in [2.24, 2.45) is 0 Å². The van der Waals surface area contributed by atoms with Gasteiger partial charge in [-0.25, -0.2) is 0 Å². The first-order valence-corrected chi connectivity index (χ1v) is 9.43. The molecule has 0 spiro atoms. The van der Waals surface area contributed by atoms with Gasteiger partial charge in [-0.2, -0.15) is 11.8 Å². The van der Waals surface area contributed by atoms with Crippen LogP contribution in [0.1, 0.15) is 29.8 Å². The Balaban J connectivity index is 1.55. The lowest BCUT2D eigenvalue weighted by molar-refractivity contribution is 0.1000. The van der Waals surface area contributed by atoms with Crippen molar-refractivity contribution in [1.29, 1.82) is 0 Å². The summed E-state index contributed by atoms with van der Waals surface area (Å²) >= 11 is 2.02. The van der Waals surface area contributed by atoms with Gasteiger partial charge in [-0.05, 0) is 49.6 Å². The van der Waals surface area contributed by atoms with Crippen LogP contribution in [0, 0.1) is 6.92 Å². The van der Waals surface area contributed by atoms with Gasteiger partial charge in [0.2, 0.25) is 0 Å². The van der Waals surface area contributed by atoms with Crippen LogP contribution in [0.3, 0.4) is 0 Å². The number of aromatic nitrogens is 1. The summed E-state index contributed by atoms with van der Waals surface area (Å²) in [6, 6.07) is 12.0. The molecule has 1 aliphatic rings. The molecular weight excluding hydrogens is 320 g/mol. The highest BCUT2D eigenvalue weighted by Crippen LogP contribution is 2.26. The third kappa shape index (κ3) is 4.89. The van der Waals surface area contributed by atoms with Crippen molar-refractivity contribution in [3.63, 3.8) is 0 Å². The number of aromatic hydroxyl groups is 1. The lowest BCUT2D eigenvalue weighted by Crippen LogP contribution is -2.17. The number of anilines is 1. The molecule has 5 heteroatoms. The summed E-state index contributed by atoms with van der Waals surface area (Å²) in [4.78, 5) is 4.38. The third-order valence-corrected chi connectivity index (χ3v) is 5.57. The number of hydrogen-bond donors (Lipinski definition) is 2. The number of thioether (sulfide) groups is 1. The molecule has 0 bridgehead atoms. The molecule has 2 heterocycles. The van der Waals surface area contributed by atoms with Gasteiger partial charge in [0, 0.05) is 35.6 Å². The first kappa shape index (κ1) is 17.1. The first-order chi connectivity index (χ1) is 11.7. The Morgan fingerprint density at radius 3 is 2.92 bits per heavy atom. The molecule has 0 radical (unpaired) electrons. The van der Waals surface area contributed by atoms with Crippen molar-refractivity contribution in [2.45, 2.75) is 37.3 Å². The maximum absolute atomic E-state index is 9.88. The molecule has 0 unspecified atom stereocenters. The van der Waals surface area contributed by atoms with Crippen molar-refractivity contribution in [3.05, 3.63) is 53.3 Å². The van der Waals surface area contributed by atoms with Crippen molar-refractivity contribution in [1.82, 2.24) is 4.98 Å². The third-order valence-electron chi connectivity index (χ3n) is 4.13. The average Bonchev–Trinajstić information content (AvgIpc) is 2.62. The maximum atomic E-state index is 9.88. The Kier molecular flexibility index (Phi) is 5.99. The minimum absolute atomic E-state index is 0.235. The second-order valence-electron chi connectivity index (χ2n) is 6.10. The highest BCUT2D eigenvalue weighted by Gasteiger charge is 2.14. The molecule has 1 saturated heterocycles. The van der Waals surface area contributed by atoms with E-state index < -0.39 is 0 Å². The van der Waals surface area contributed by atoms with Crippen LogP contribution in [0.2, 0.25) is 0 Å². The van der Waals surface area contributed by atoms with Crippen molar-refractivity contribution < 1.29 is 9.84 Å². The van der Waals surface area contributed by atoms with Crippen LogP contribution in [-0.2, 0) is 17.0 Å². The Morgan fingerprint density at radius 2 is 2.08 bits per heavy atom. The first-order valence-electron chi connectivity index (χ1n) is 8.38. The molecule has 0 amide bonds. The fraction of sp³-hybridized carbons (Fsp3) is 0.421. The number of aryl methyl sites for hydroxylation is 1. The molecule has 24 heavy (non-hydrogen) atoms. The highest BCUT2D eigenvalue weighted by atomic mass is 32.2. The van der Waals surface area contributed by atoms with Crippen molar-refractivity contribution in [2.75, 3.05) is 18.5 Å². The lowest BCUT2D eigenvalue weighted by Gasteiger charge is -2.21. The van der Waals surface area contributed by atoms with Crippen LogP contribution in [0.25, 0.3) is 0 Å². The molecule has 2 N–H and O–H groups in total. The summed E-state index contributed by atoms with van der Waals surface area (Å²) in [5.41, 5.74) is 3.96. The minimum atomic E-state index is 0.235. The van der Waals surface area contributed by atoms with E-state index in [4.69, 9.17) is 4.74 Å². The smallest absolute Gasteiger partial charge is 0.138 e. The molecule has 0 atom stereocenters. The second-order valence-corrected chi connectivity index (χ2v) is 7.38. The Bertz CT molecular complexity index is 672. The monoisotopic (exact) mass is 344 g/mol. The summed E-state index contributed by atoms with van der Waals surface area (Å²) in [6.45, 7) is 4.24. The summed E-state index contributed by atoms with van der Waals surface area (Å²) in [5, 5.41) is 13.9. The lowest BCUT2D eigenvalue weighted by atomic mass is 10.2. The highest BCUT2D eigenvalue weighted by molar-refractivity contribution is 7.99. The molecular formula is C19H24N2O2S. The fourth-order valence-corrected chi connectivity index (χ4v) is 3.88. The normalized spacial score (nSPS) is 15.4. The van der Waals surface area contributed by atoms with E-state index in [9.17, 15) is 5.11 Å². The molecule has 1 fully saturated rings. The zero-order valence-corrected chi connectivity index (χ0v) is 14.8. The molecule has 1 aromatic heterocycles. The van der Waals surface area contributed by atoms with Gasteiger partial charge in [-0.15, -0.1) is 0 Å². The molecule has 128 valence electrons. The van der Waals surface area contributed by atoms with Crippen molar-refractivity contribution in [3.8, 4) is 5.75 Å². The average molecular weight is 344 g/mol. The van der Waals surface area contributed by atoms with Gasteiger partial charge in [0.1, 0.15) is 11.4 Å². The Labute approximate surface area is 147 Å². The van der Waals surface area contributed by atoms with Crippen LogP contribution in [-0.4, -0.2) is 28.6 Å². The molecule has 1 aromatic carbocycles. The van der Waals surface area contributed by atoms with Crippen LogP contribution in [0.15, 0.2) is 36.4 Å². The Morgan fingerprint density at radius 1 is 1.25 bits per heavy atom. The van der Waals surface area contributed by atoms with Gasteiger partial charge >= 0.3 is 0 Å². The quantitative estimate of drug-likeness (QED) is 0.825. The van der Waals surface area contributed by atoms with E-state index >= 15 is 0 Å². The van der Waals surface area contributed by atoms with Crippen LogP contribution in [0.5, 0.6) is 5.75 Å². The van der Waals surface area contributed by atoms with E-state index in [2.05, 4.69) is 34.6 Å². The number of benzene rings is 1.